The van der Waals surface area contributed by atoms with Crippen molar-refractivity contribution in [3.63, 3.8) is 0 Å². The molecule has 2 aromatic carbocycles. The molecule has 2 aromatic rings. The third-order valence-corrected chi connectivity index (χ3v) is 5.33. The number of ether oxygens (including phenoxy) is 1. The number of aliphatic carboxylic acids is 1. The van der Waals surface area contributed by atoms with Gasteiger partial charge in [0.2, 0.25) is 0 Å². The van der Waals surface area contributed by atoms with Gasteiger partial charge in [-0.25, -0.2) is 4.79 Å². The van der Waals surface area contributed by atoms with Crippen LogP contribution in [-0.2, 0) is 9.59 Å². The second-order valence-electron chi connectivity index (χ2n) is 5.35. The number of benzene rings is 2. The first-order valence-electron chi connectivity index (χ1n) is 7.53. The Balaban J connectivity index is 1.88. The molecule has 138 valence electrons. The first kappa shape index (κ1) is 19.7. The molecule has 27 heavy (non-hydrogen) atoms. The maximum absolute atomic E-state index is 12.7. The molecule has 9 heteroatoms. The summed E-state index contributed by atoms with van der Waals surface area (Å²) in [7, 11) is 0. The number of hydrogen-bond donors (Lipinski definition) is 1. The van der Waals surface area contributed by atoms with Crippen LogP contribution < -0.4 is 9.64 Å². The van der Waals surface area contributed by atoms with Gasteiger partial charge in [-0.1, -0.05) is 65.4 Å². The quantitative estimate of drug-likeness (QED) is 0.529. The number of carbonyl (C=O) groups excluding carboxylic acids is 1. The second kappa shape index (κ2) is 8.31. The Morgan fingerprint density at radius 1 is 1.22 bits per heavy atom. The Labute approximate surface area is 174 Å². The van der Waals surface area contributed by atoms with Crippen LogP contribution in [0.4, 0.5) is 5.69 Å². The van der Waals surface area contributed by atoms with Crippen LogP contribution in [0.15, 0.2) is 47.4 Å². The molecule has 0 radical (unpaired) electrons. The lowest BCUT2D eigenvalue weighted by molar-refractivity contribution is -0.139. The molecule has 0 bridgehead atoms. The highest BCUT2D eigenvalue weighted by Gasteiger charge is 2.33. The van der Waals surface area contributed by atoms with Gasteiger partial charge in [-0.15, -0.1) is 0 Å². The van der Waals surface area contributed by atoms with Crippen LogP contribution in [0, 0.1) is 0 Å². The highest BCUT2D eigenvalue weighted by molar-refractivity contribution is 8.27. The molecule has 1 fully saturated rings. The van der Waals surface area contributed by atoms with Gasteiger partial charge < -0.3 is 9.84 Å². The number of anilines is 1. The molecule has 1 saturated heterocycles. The number of amides is 1. The minimum Gasteiger partial charge on any atom is -0.479 e. The predicted octanol–water partition coefficient (Wildman–Crippen LogP) is 4.86. The van der Waals surface area contributed by atoms with E-state index in [9.17, 15) is 9.59 Å². The Kier molecular flexibility index (Phi) is 6.06. The van der Waals surface area contributed by atoms with Crippen molar-refractivity contribution < 1.29 is 19.4 Å². The van der Waals surface area contributed by atoms with Crippen molar-refractivity contribution in [1.29, 1.82) is 0 Å². The van der Waals surface area contributed by atoms with E-state index in [-0.39, 0.29) is 21.7 Å². The topological polar surface area (TPSA) is 66.8 Å². The minimum absolute atomic E-state index is 0.0784. The smallest absolute Gasteiger partial charge is 0.341 e. The molecule has 1 amide bonds. The van der Waals surface area contributed by atoms with E-state index in [1.165, 1.54) is 16.7 Å². The summed E-state index contributed by atoms with van der Waals surface area (Å²) in [6.45, 7) is -0.561. The van der Waals surface area contributed by atoms with E-state index in [1.807, 2.05) is 18.2 Å². The number of thioether (sulfide) groups is 1. The first-order valence-corrected chi connectivity index (χ1v) is 9.51. The zero-order valence-corrected chi connectivity index (χ0v) is 16.7. The summed E-state index contributed by atoms with van der Waals surface area (Å²) in [5.41, 5.74) is 1.26. The van der Waals surface area contributed by atoms with Gasteiger partial charge in [-0.05, 0) is 35.9 Å². The molecule has 1 heterocycles. The number of hydrogen-bond acceptors (Lipinski definition) is 5. The molecule has 0 saturated carbocycles. The number of carbonyl (C=O) groups is 2. The average molecular weight is 440 g/mol. The molecule has 0 atom stereocenters. The summed E-state index contributed by atoms with van der Waals surface area (Å²) < 4.78 is 5.51. The largest absolute Gasteiger partial charge is 0.479 e. The fraction of sp³-hybridized carbons (Fsp3) is 0.0556. The van der Waals surface area contributed by atoms with Gasteiger partial charge in [0.25, 0.3) is 5.91 Å². The van der Waals surface area contributed by atoms with E-state index >= 15 is 0 Å². The molecule has 1 aliphatic heterocycles. The monoisotopic (exact) mass is 439 g/mol. The van der Waals surface area contributed by atoms with Crippen LogP contribution in [-0.4, -0.2) is 27.9 Å². The van der Waals surface area contributed by atoms with E-state index in [2.05, 4.69) is 0 Å². The standard InChI is InChI=1S/C18H11Cl2NO4S2/c19-12-6-10(7-13(20)16(12)25-9-15(22)23)8-14-17(24)21(18(26)27-14)11-4-2-1-3-5-11/h1-8H,9H2,(H,22,23)/b14-8+. The van der Waals surface area contributed by atoms with Crippen molar-refractivity contribution in [1.82, 2.24) is 0 Å². The molecule has 1 N–H and O–H groups in total. The predicted molar refractivity (Wildman–Crippen MR) is 112 cm³/mol. The number of thiocarbonyl (C=S) groups is 1. The maximum Gasteiger partial charge on any atom is 0.341 e. The first-order chi connectivity index (χ1) is 12.9. The van der Waals surface area contributed by atoms with Crippen molar-refractivity contribution in [3.8, 4) is 5.75 Å². The van der Waals surface area contributed by atoms with Gasteiger partial charge in [0.05, 0.1) is 20.6 Å². The third kappa shape index (κ3) is 4.44. The summed E-state index contributed by atoms with van der Waals surface area (Å²) in [6.07, 6.45) is 1.63. The summed E-state index contributed by atoms with van der Waals surface area (Å²) in [5.74, 6) is -1.31. The summed E-state index contributed by atoms with van der Waals surface area (Å²) in [4.78, 5) is 25.2. The van der Waals surface area contributed by atoms with Crippen LogP contribution in [0.25, 0.3) is 6.08 Å². The lowest BCUT2D eigenvalue weighted by Crippen LogP contribution is -2.27. The zero-order chi connectivity index (χ0) is 19.6. The van der Waals surface area contributed by atoms with Crippen LogP contribution in [0.3, 0.4) is 0 Å². The van der Waals surface area contributed by atoms with Crippen molar-refractivity contribution in [3.05, 3.63) is 63.0 Å². The SMILES string of the molecule is O=C(O)COc1c(Cl)cc(/C=C2/SC(=S)N(c3ccccc3)C2=O)cc1Cl. The highest BCUT2D eigenvalue weighted by atomic mass is 35.5. The lowest BCUT2D eigenvalue weighted by Gasteiger charge is -2.13. The molecule has 3 rings (SSSR count). The third-order valence-electron chi connectivity index (χ3n) is 3.47. The number of rotatable bonds is 5. The van der Waals surface area contributed by atoms with E-state index < -0.39 is 12.6 Å². The van der Waals surface area contributed by atoms with Crippen LogP contribution in [0.1, 0.15) is 5.56 Å². The average Bonchev–Trinajstić information content (AvgIpc) is 2.88. The Morgan fingerprint density at radius 2 is 1.85 bits per heavy atom. The molecule has 0 spiro atoms. The van der Waals surface area contributed by atoms with E-state index in [0.717, 1.165) is 0 Å². The van der Waals surface area contributed by atoms with Gasteiger partial charge >= 0.3 is 5.97 Å². The summed E-state index contributed by atoms with van der Waals surface area (Å²) >= 11 is 18.8. The molecular formula is C18H11Cl2NO4S2. The van der Waals surface area contributed by atoms with Crippen molar-refractivity contribution in [2.75, 3.05) is 11.5 Å². The van der Waals surface area contributed by atoms with Crippen LogP contribution in [0.5, 0.6) is 5.75 Å². The molecule has 0 aromatic heterocycles. The van der Waals surface area contributed by atoms with Gasteiger partial charge in [0, 0.05) is 0 Å². The number of carboxylic acids is 1. The zero-order valence-electron chi connectivity index (χ0n) is 13.5. The van der Waals surface area contributed by atoms with Gasteiger partial charge in [-0.3, -0.25) is 9.69 Å². The maximum atomic E-state index is 12.7. The molecular weight excluding hydrogens is 429 g/mol. The van der Waals surface area contributed by atoms with E-state index in [4.69, 9.17) is 45.3 Å². The molecule has 0 unspecified atom stereocenters. The Bertz CT molecular complexity index is 940. The van der Waals surface area contributed by atoms with Crippen LogP contribution >= 0.6 is 47.2 Å². The Hall–Kier alpha value is -2.06. The summed E-state index contributed by atoms with van der Waals surface area (Å²) in [5, 5.41) is 8.99. The Morgan fingerprint density at radius 3 is 2.44 bits per heavy atom. The normalized spacial score (nSPS) is 15.5. The van der Waals surface area contributed by atoms with Crippen molar-refractivity contribution >= 4 is 75.1 Å². The molecule has 5 nitrogen and oxygen atoms in total. The number of para-hydroxylation sites is 1. The number of halogens is 2. The second-order valence-corrected chi connectivity index (χ2v) is 7.84. The molecule has 0 aliphatic carbocycles. The van der Waals surface area contributed by atoms with Gasteiger partial charge in [0.15, 0.2) is 16.7 Å². The fourth-order valence-corrected chi connectivity index (χ4v) is 4.27. The minimum atomic E-state index is -1.14. The highest BCUT2D eigenvalue weighted by Crippen LogP contribution is 2.38. The fourth-order valence-electron chi connectivity index (χ4n) is 2.35. The lowest BCUT2D eigenvalue weighted by atomic mass is 10.2. The number of nitrogens with zero attached hydrogens (tertiary/aromatic N) is 1. The van der Waals surface area contributed by atoms with Crippen molar-refractivity contribution in [2.24, 2.45) is 0 Å². The van der Waals surface area contributed by atoms with Crippen molar-refractivity contribution in [2.45, 2.75) is 0 Å². The van der Waals surface area contributed by atoms with E-state index in [1.54, 1.807) is 30.3 Å². The molecule has 1 aliphatic rings. The van der Waals surface area contributed by atoms with E-state index in [0.29, 0.717) is 20.5 Å². The van der Waals surface area contributed by atoms with Crippen LogP contribution in [0.2, 0.25) is 10.0 Å². The van der Waals surface area contributed by atoms with Gasteiger partial charge in [-0.2, -0.15) is 0 Å². The number of carboxylic acid groups (broad SMARTS) is 1. The summed E-state index contributed by atoms with van der Waals surface area (Å²) in [6, 6.07) is 12.2. The van der Waals surface area contributed by atoms with Gasteiger partial charge in [0.1, 0.15) is 0 Å².